The van der Waals surface area contributed by atoms with Gasteiger partial charge in [0, 0.05) is 30.9 Å². The van der Waals surface area contributed by atoms with Crippen LogP contribution in [0.25, 0.3) is 0 Å². The summed E-state index contributed by atoms with van der Waals surface area (Å²) in [6.07, 6.45) is 4.71. The van der Waals surface area contributed by atoms with Crippen LogP contribution in [0.3, 0.4) is 0 Å². The van der Waals surface area contributed by atoms with Crippen molar-refractivity contribution in [2.24, 2.45) is 4.99 Å². The standard InChI is InChI=1S/C16H22N4S/c1-12-11-18-8-6-14(12)7-9-19-16(17-3)20-13(2)15-5-4-10-21-15/h4-6,8,10-11,13H,7,9H2,1-3H3,(H2,17,19,20). The van der Waals surface area contributed by atoms with E-state index in [0.717, 1.165) is 18.9 Å². The van der Waals surface area contributed by atoms with E-state index in [9.17, 15) is 0 Å². The highest BCUT2D eigenvalue weighted by Crippen LogP contribution is 2.17. The zero-order valence-electron chi connectivity index (χ0n) is 12.8. The Bertz CT molecular complexity index is 578. The van der Waals surface area contributed by atoms with E-state index in [0.29, 0.717) is 0 Å². The number of guanidine groups is 1. The zero-order chi connectivity index (χ0) is 15.1. The summed E-state index contributed by atoms with van der Waals surface area (Å²) in [5, 5.41) is 8.86. The van der Waals surface area contributed by atoms with Gasteiger partial charge in [0.25, 0.3) is 0 Å². The van der Waals surface area contributed by atoms with Gasteiger partial charge in [0.2, 0.25) is 0 Å². The number of hydrogen-bond donors (Lipinski definition) is 2. The van der Waals surface area contributed by atoms with E-state index in [4.69, 9.17) is 0 Å². The fraction of sp³-hybridized carbons (Fsp3) is 0.375. The van der Waals surface area contributed by atoms with E-state index in [2.05, 4.69) is 58.0 Å². The second-order valence-electron chi connectivity index (χ2n) is 4.93. The highest BCUT2D eigenvalue weighted by molar-refractivity contribution is 7.10. The summed E-state index contributed by atoms with van der Waals surface area (Å²) >= 11 is 1.75. The summed E-state index contributed by atoms with van der Waals surface area (Å²) in [6.45, 7) is 5.08. The molecule has 0 aliphatic carbocycles. The van der Waals surface area contributed by atoms with E-state index in [1.807, 2.05) is 12.4 Å². The zero-order valence-corrected chi connectivity index (χ0v) is 13.6. The van der Waals surface area contributed by atoms with Gasteiger partial charge in [-0.25, -0.2) is 0 Å². The van der Waals surface area contributed by atoms with Crippen LogP contribution < -0.4 is 10.6 Å². The second kappa shape index (κ2) is 7.78. The van der Waals surface area contributed by atoms with Gasteiger partial charge in [0.1, 0.15) is 0 Å². The average Bonchev–Trinajstić information content (AvgIpc) is 3.02. The molecule has 0 amide bonds. The Balaban J connectivity index is 1.82. The summed E-state index contributed by atoms with van der Waals surface area (Å²) in [6, 6.07) is 6.54. The third-order valence-corrected chi connectivity index (χ3v) is 4.43. The third-order valence-electron chi connectivity index (χ3n) is 3.37. The van der Waals surface area contributed by atoms with Crippen LogP contribution in [-0.2, 0) is 6.42 Å². The van der Waals surface area contributed by atoms with Crippen molar-refractivity contribution in [3.8, 4) is 0 Å². The minimum Gasteiger partial charge on any atom is -0.356 e. The molecular weight excluding hydrogens is 280 g/mol. The molecule has 0 aliphatic rings. The number of hydrogen-bond acceptors (Lipinski definition) is 3. The fourth-order valence-electron chi connectivity index (χ4n) is 2.11. The molecule has 112 valence electrons. The molecule has 0 fully saturated rings. The van der Waals surface area contributed by atoms with E-state index in [1.165, 1.54) is 16.0 Å². The number of rotatable bonds is 5. The molecule has 0 saturated carbocycles. The molecule has 0 aliphatic heterocycles. The van der Waals surface area contributed by atoms with Crippen molar-refractivity contribution in [3.05, 3.63) is 52.0 Å². The molecule has 4 nitrogen and oxygen atoms in total. The molecule has 2 aromatic heterocycles. The van der Waals surface area contributed by atoms with E-state index >= 15 is 0 Å². The number of nitrogens with one attached hydrogen (secondary N) is 2. The molecule has 1 atom stereocenters. The quantitative estimate of drug-likeness (QED) is 0.659. The number of aliphatic imine (C=N–C) groups is 1. The van der Waals surface area contributed by atoms with Crippen molar-refractivity contribution < 1.29 is 0 Å². The molecule has 2 N–H and O–H groups in total. The van der Waals surface area contributed by atoms with Gasteiger partial charge in [-0.2, -0.15) is 0 Å². The molecule has 2 rings (SSSR count). The predicted octanol–water partition coefficient (Wildman–Crippen LogP) is 2.92. The lowest BCUT2D eigenvalue weighted by Crippen LogP contribution is -2.39. The lowest BCUT2D eigenvalue weighted by molar-refractivity contribution is 0.695. The molecule has 1 unspecified atom stereocenters. The van der Waals surface area contributed by atoms with Gasteiger partial charge in [-0.1, -0.05) is 6.07 Å². The number of nitrogens with zero attached hydrogens (tertiary/aromatic N) is 2. The van der Waals surface area contributed by atoms with Crippen molar-refractivity contribution in [2.75, 3.05) is 13.6 Å². The van der Waals surface area contributed by atoms with Crippen LogP contribution >= 0.6 is 11.3 Å². The fourth-order valence-corrected chi connectivity index (χ4v) is 2.84. The van der Waals surface area contributed by atoms with Crippen LogP contribution in [0.2, 0.25) is 0 Å². The number of aromatic nitrogens is 1. The van der Waals surface area contributed by atoms with Crippen LogP contribution in [0.15, 0.2) is 41.0 Å². The molecule has 0 aromatic carbocycles. The Kier molecular flexibility index (Phi) is 5.75. The summed E-state index contributed by atoms with van der Waals surface area (Å²) in [4.78, 5) is 9.70. The minimum atomic E-state index is 0.263. The molecule has 0 spiro atoms. The summed E-state index contributed by atoms with van der Waals surface area (Å²) in [5.41, 5.74) is 2.55. The van der Waals surface area contributed by atoms with Gasteiger partial charge >= 0.3 is 0 Å². The van der Waals surface area contributed by atoms with Crippen LogP contribution in [0.4, 0.5) is 0 Å². The smallest absolute Gasteiger partial charge is 0.191 e. The summed E-state index contributed by atoms with van der Waals surface area (Å²) in [5.74, 6) is 0.836. The van der Waals surface area contributed by atoms with Gasteiger partial charge in [-0.05, 0) is 48.9 Å². The normalized spacial score (nSPS) is 13.0. The van der Waals surface area contributed by atoms with Crippen LogP contribution in [0.5, 0.6) is 0 Å². The summed E-state index contributed by atoms with van der Waals surface area (Å²) in [7, 11) is 1.80. The van der Waals surface area contributed by atoms with E-state index < -0.39 is 0 Å². The van der Waals surface area contributed by atoms with Crippen molar-refractivity contribution in [2.45, 2.75) is 26.3 Å². The Morgan fingerprint density at radius 2 is 2.29 bits per heavy atom. The van der Waals surface area contributed by atoms with Crippen molar-refractivity contribution in [1.29, 1.82) is 0 Å². The highest BCUT2D eigenvalue weighted by Gasteiger charge is 2.08. The first kappa shape index (κ1) is 15.5. The number of pyridine rings is 1. The van der Waals surface area contributed by atoms with Gasteiger partial charge in [0.15, 0.2) is 5.96 Å². The van der Waals surface area contributed by atoms with E-state index in [1.54, 1.807) is 18.4 Å². The Hall–Kier alpha value is -1.88. The monoisotopic (exact) mass is 302 g/mol. The molecule has 0 saturated heterocycles. The maximum atomic E-state index is 4.28. The Morgan fingerprint density at radius 3 is 2.95 bits per heavy atom. The second-order valence-corrected chi connectivity index (χ2v) is 5.91. The van der Waals surface area contributed by atoms with Crippen molar-refractivity contribution in [3.63, 3.8) is 0 Å². The topological polar surface area (TPSA) is 49.3 Å². The summed E-state index contributed by atoms with van der Waals surface area (Å²) < 4.78 is 0. The van der Waals surface area contributed by atoms with Gasteiger partial charge in [-0.15, -0.1) is 11.3 Å². The number of aryl methyl sites for hydroxylation is 1. The lowest BCUT2D eigenvalue weighted by atomic mass is 10.1. The SMILES string of the molecule is CN=C(NCCc1ccncc1C)NC(C)c1cccs1. The first-order valence-corrected chi connectivity index (χ1v) is 7.98. The third kappa shape index (κ3) is 4.56. The van der Waals surface area contributed by atoms with Crippen LogP contribution in [0, 0.1) is 6.92 Å². The molecule has 21 heavy (non-hydrogen) atoms. The molecule has 2 heterocycles. The molecule has 5 heteroatoms. The van der Waals surface area contributed by atoms with Gasteiger partial charge < -0.3 is 10.6 Å². The lowest BCUT2D eigenvalue weighted by Gasteiger charge is -2.17. The average molecular weight is 302 g/mol. The molecular formula is C16H22N4S. The predicted molar refractivity (Wildman–Crippen MR) is 89.9 cm³/mol. The first-order valence-electron chi connectivity index (χ1n) is 7.10. The van der Waals surface area contributed by atoms with Crippen LogP contribution in [0.1, 0.15) is 29.0 Å². The van der Waals surface area contributed by atoms with E-state index in [-0.39, 0.29) is 6.04 Å². The Labute approximate surface area is 130 Å². The maximum absolute atomic E-state index is 4.28. The largest absolute Gasteiger partial charge is 0.356 e. The van der Waals surface area contributed by atoms with Gasteiger partial charge in [0.05, 0.1) is 6.04 Å². The van der Waals surface area contributed by atoms with Crippen molar-refractivity contribution >= 4 is 17.3 Å². The first-order chi connectivity index (χ1) is 10.2. The molecule has 0 bridgehead atoms. The van der Waals surface area contributed by atoms with Crippen molar-refractivity contribution in [1.82, 2.24) is 15.6 Å². The number of thiophene rings is 1. The maximum Gasteiger partial charge on any atom is 0.191 e. The Morgan fingerprint density at radius 1 is 1.43 bits per heavy atom. The molecule has 2 aromatic rings. The van der Waals surface area contributed by atoms with Gasteiger partial charge in [-0.3, -0.25) is 9.98 Å². The molecule has 0 radical (unpaired) electrons. The van der Waals surface area contributed by atoms with Crippen LogP contribution in [-0.4, -0.2) is 24.5 Å². The highest BCUT2D eigenvalue weighted by atomic mass is 32.1. The minimum absolute atomic E-state index is 0.263.